The molecule has 2 aromatic heterocycles. The molecular weight excluding hydrogens is 410 g/mol. The van der Waals surface area contributed by atoms with Crippen molar-refractivity contribution in [3.05, 3.63) is 54.5 Å². The van der Waals surface area contributed by atoms with Crippen LogP contribution in [-0.4, -0.2) is 66.8 Å². The molecule has 1 aromatic carbocycles. The van der Waals surface area contributed by atoms with E-state index in [4.69, 9.17) is 0 Å². The van der Waals surface area contributed by atoms with Crippen molar-refractivity contribution >= 4 is 29.3 Å². The molecule has 0 aliphatic carbocycles. The van der Waals surface area contributed by atoms with Gasteiger partial charge in [0.15, 0.2) is 0 Å². The third-order valence-corrected chi connectivity index (χ3v) is 5.50. The Morgan fingerprint density at radius 1 is 1.09 bits per heavy atom. The third-order valence-electron chi connectivity index (χ3n) is 5.50. The van der Waals surface area contributed by atoms with Crippen LogP contribution in [0.3, 0.4) is 0 Å². The number of para-hydroxylation sites is 1. The highest BCUT2D eigenvalue weighted by Crippen LogP contribution is 2.23. The number of carbonyl (C=O) groups excluding carboxylic acids is 1. The van der Waals surface area contributed by atoms with Gasteiger partial charge in [-0.25, -0.2) is 14.5 Å². The average Bonchev–Trinajstić information content (AvgIpc) is 3.22. The zero-order valence-corrected chi connectivity index (χ0v) is 18.1. The number of aromatic nitrogens is 4. The Morgan fingerprint density at radius 2 is 1.81 bits per heavy atom. The van der Waals surface area contributed by atoms with Crippen molar-refractivity contribution in [2.24, 2.45) is 0 Å². The number of benzene rings is 1. The minimum atomic E-state index is -1.03. The molecule has 0 saturated carbocycles. The van der Waals surface area contributed by atoms with Gasteiger partial charge in [0.25, 0.3) is 0 Å². The predicted molar refractivity (Wildman–Crippen MR) is 119 cm³/mol. The first-order valence-corrected chi connectivity index (χ1v) is 10.3. The van der Waals surface area contributed by atoms with Gasteiger partial charge in [-0.1, -0.05) is 12.1 Å². The zero-order valence-electron chi connectivity index (χ0n) is 18.1. The SMILES string of the molecule is CC(=O)N1C(C)CN(c2cc(-n3cnc(Nc4ccccc4C(=O)O)n3)ccn2)CC1C. The highest BCUT2D eigenvalue weighted by molar-refractivity contribution is 5.94. The first kappa shape index (κ1) is 21.3. The molecule has 0 spiro atoms. The number of pyridine rings is 1. The molecule has 0 radical (unpaired) electrons. The van der Waals surface area contributed by atoms with Gasteiger partial charge in [-0.2, -0.15) is 4.98 Å². The number of hydrogen-bond donors (Lipinski definition) is 2. The average molecular weight is 435 g/mol. The number of aromatic carboxylic acids is 1. The standard InChI is InChI=1S/C22H25N7O3/c1-14-11-27(12-15(2)29(14)16(3)30)20-10-17(8-9-23-20)28-13-24-22(26-28)25-19-7-5-4-6-18(19)21(31)32/h4-10,13-15H,11-12H2,1-3H3,(H,25,26)(H,31,32). The highest BCUT2D eigenvalue weighted by atomic mass is 16.4. The summed E-state index contributed by atoms with van der Waals surface area (Å²) in [6.07, 6.45) is 3.27. The van der Waals surface area contributed by atoms with Gasteiger partial charge in [0.2, 0.25) is 11.9 Å². The van der Waals surface area contributed by atoms with Crippen LogP contribution >= 0.6 is 0 Å². The second kappa shape index (κ2) is 8.66. The first-order chi connectivity index (χ1) is 15.3. The number of carbonyl (C=O) groups is 2. The van der Waals surface area contributed by atoms with Gasteiger partial charge in [-0.05, 0) is 32.0 Å². The lowest BCUT2D eigenvalue weighted by Crippen LogP contribution is -2.58. The van der Waals surface area contributed by atoms with Crippen molar-refractivity contribution in [2.45, 2.75) is 32.9 Å². The van der Waals surface area contributed by atoms with Crippen LogP contribution in [-0.2, 0) is 4.79 Å². The molecule has 32 heavy (non-hydrogen) atoms. The molecule has 3 heterocycles. The second-order valence-corrected chi connectivity index (χ2v) is 7.89. The highest BCUT2D eigenvalue weighted by Gasteiger charge is 2.31. The number of carboxylic acids is 1. The predicted octanol–water partition coefficient (Wildman–Crippen LogP) is 2.55. The Hall–Kier alpha value is -3.95. The van der Waals surface area contributed by atoms with E-state index in [0.717, 1.165) is 11.5 Å². The van der Waals surface area contributed by atoms with Gasteiger partial charge in [-0.3, -0.25) is 4.79 Å². The summed E-state index contributed by atoms with van der Waals surface area (Å²) in [5, 5.41) is 16.7. The summed E-state index contributed by atoms with van der Waals surface area (Å²) in [7, 11) is 0. The van der Waals surface area contributed by atoms with E-state index in [1.54, 1.807) is 42.3 Å². The van der Waals surface area contributed by atoms with Crippen molar-refractivity contribution < 1.29 is 14.7 Å². The number of hydrogen-bond acceptors (Lipinski definition) is 7. The van der Waals surface area contributed by atoms with Crippen LogP contribution in [0.1, 0.15) is 31.1 Å². The second-order valence-electron chi connectivity index (χ2n) is 7.89. The molecule has 2 unspecified atom stereocenters. The van der Waals surface area contributed by atoms with E-state index >= 15 is 0 Å². The van der Waals surface area contributed by atoms with E-state index in [9.17, 15) is 14.7 Å². The lowest BCUT2D eigenvalue weighted by atomic mass is 10.1. The molecule has 2 atom stereocenters. The summed E-state index contributed by atoms with van der Waals surface area (Å²) >= 11 is 0. The van der Waals surface area contributed by atoms with Crippen LogP contribution in [0.15, 0.2) is 48.9 Å². The monoisotopic (exact) mass is 435 g/mol. The number of anilines is 3. The normalized spacial score (nSPS) is 18.5. The number of rotatable bonds is 5. The summed E-state index contributed by atoms with van der Waals surface area (Å²) in [5.41, 5.74) is 1.33. The molecule has 1 amide bonds. The van der Waals surface area contributed by atoms with E-state index in [-0.39, 0.29) is 29.5 Å². The maximum Gasteiger partial charge on any atom is 0.337 e. The summed E-state index contributed by atoms with van der Waals surface area (Å²) in [5.74, 6) is 0.137. The maximum absolute atomic E-state index is 11.9. The van der Waals surface area contributed by atoms with Crippen molar-refractivity contribution in [1.29, 1.82) is 0 Å². The fourth-order valence-electron chi connectivity index (χ4n) is 4.20. The van der Waals surface area contributed by atoms with Gasteiger partial charge in [0.05, 0.1) is 16.9 Å². The fraction of sp³-hybridized carbons (Fsp3) is 0.318. The smallest absolute Gasteiger partial charge is 0.337 e. The molecule has 1 aliphatic heterocycles. The number of nitrogens with one attached hydrogen (secondary N) is 1. The van der Waals surface area contributed by atoms with Crippen molar-refractivity contribution in [2.75, 3.05) is 23.3 Å². The minimum absolute atomic E-state index is 0.0817. The number of nitrogens with zero attached hydrogens (tertiary/aromatic N) is 6. The summed E-state index contributed by atoms with van der Waals surface area (Å²) < 4.78 is 1.61. The van der Waals surface area contributed by atoms with Gasteiger partial charge in [0.1, 0.15) is 12.1 Å². The third kappa shape index (κ3) is 4.25. The van der Waals surface area contributed by atoms with E-state index in [2.05, 4.69) is 25.3 Å². The Balaban J connectivity index is 1.53. The molecule has 1 aliphatic rings. The van der Waals surface area contributed by atoms with Crippen molar-refractivity contribution in [3.63, 3.8) is 0 Å². The molecular formula is C22H25N7O3. The number of amides is 1. The van der Waals surface area contributed by atoms with Crippen LogP contribution in [0.25, 0.3) is 5.69 Å². The molecule has 3 aromatic rings. The van der Waals surface area contributed by atoms with Gasteiger partial charge >= 0.3 is 5.97 Å². The van der Waals surface area contributed by atoms with E-state index < -0.39 is 5.97 Å². The van der Waals surface area contributed by atoms with E-state index in [0.29, 0.717) is 18.8 Å². The Morgan fingerprint density at radius 3 is 2.50 bits per heavy atom. The Labute approximate surface area is 185 Å². The lowest BCUT2D eigenvalue weighted by molar-refractivity contribution is -0.133. The van der Waals surface area contributed by atoms with Crippen LogP contribution in [0, 0.1) is 0 Å². The topological polar surface area (TPSA) is 116 Å². The molecule has 4 rings (SSSR count). The Kier molecular flexibility index (Phi) is 5.76. The summed E-state index contributed by atoms with van der Waals surface area (Å²) in [6.45, 7) is 7.07. The lowest BCUT2D eigenvalue weighted by Gasteiger charge is -2.44. The molecule has 10 heteroatoms. The van der Waals surface area contributed by atoms with E-state index in [1.165, 1.54) is 6.07 Å². The zero-order chi connectivity index (χ0) is 22.8. The van der Waals surface area contributed by atoms with E-state index in [1.807, 2.05) is 30.9 Å². The molecule has 2 N–H and O–H groups in total. The minimum Gasteiger partial charge on any atom is -0.478 e. The van der Waals surface area contributed by atoms with Gasteiger partial charge < -0.3 is 20.2 Å². The quantitative estimate of drug-likeness (QED) is 0.628. The summed E-state index contributed by atoms with van der Waals surface area (Å²) in [6, 6.07) is 10.5. The van der Waals surface area contributed by atoms with Crippen LogP contribution < -0.4 is 10.2 Å². The number of carboxylic acid groups (broad SMARTS) is 1. The van der Waals surface area contributed by atoms with Crippen molar-refractivity contribution in [1.82, 2.24) is 24.6 Å². The Bertz CT molecular complexity index is 1130. The summed E-state index contributed by atoms with van der Waals surface area (Å²) in [4.78, 5) is 36.2. The molecule has 166 valence electrons. The van der Waals surface area contributed by atoms with Crippen LogP contribution in [0.5, 0.6) is 0 Å². The van der Waals surface area contributed by atoms with Gasteiger partial charge in [0, 0.05) is 44.4 Å². The fourth-order valence-corrected chi connectivity index (χ4v) is 4.20. The number of piperazine rings is 1. The molecule has 1 fully saturated rings. The maximum atomic E-state index is 11.9. The molecule has 0 bridgehead atoms. The first-order valence-electron chi connectivity index (χ1n) is 10.3. The molecule has 10 nitrogen and oxygen atoms in total. The largest absolute Gasteiger partial charge is 0.478 e. The van der Waals surface area contributed by atoms with Crippen LogP contribution in [0.4, 0.5) is 17.5 Å². The van der Waals surface area contributed by atoms with Gasteiger partial charge in [-0.15, -0.1) is 5.10 Å². The van der Waals surface area contributed by atoms with Crippen LogP contribution in [0.2, 0.25) is 0 Å². The molecule has 1 saturated heterocycles. The van der Waals surface area contributed by atoms with Crippen molar-refractivity contribution in [3.8, 4) is 5.69 Å².